The van der Waals surface area contributed by atoms with Gasteiger partial charge in [-0.1, -0.05) is 0 Å². The van der Waals surface area contributed by atoms with Crippen LogP contribution in [-0.2, 0) is 6.54 Å². The molecule has 0 aliphatic carbocycles. The maximum atomic E-state index is 13.5. The van der Waals surface area contributed by atoms with E-state index in [1.54, 1.807) is 6.92 Å². The van der Waals surface area contributed by atoms with Crippen molar-refractivity contribution < 1.29 is 13.7 Å². The summed E-state index contributed by atoms with van der Waals surface area (Å²) < 4.78 is 26.5. The molecule has 100 valence electrons. The van der Waals surface area contributed by atoms with Crippen LogP contribution in [0, 0.1) is 28.7 Å². The van der Waals surface area contributed by atoms with Gasteiger partial charge in [0.1, 0.15) is 17.3 Å². The van der Waals surface area contributed by atoms with Crippen LogP contribution in [0.1, 0.15) is 11.5 Å². The predicted octanol–water partition coefficient (Wildman–Crippen LogP) is 2.52. The van der Waals surface area contributed by atoms with Crippen LogP contribution in [0.4, 0.5) is 20.2 Å². The minimum Gasteiger partial charge on any atom is -0.371 e. The van der Waals surface area contributed by atoms with Crippen LogP contribution in [0.15, 0.2) is 18.3 Å². The van der Waals surface area contributed by atoms with Gasteiger partial charge < -0.3 is 10.3 Å². The first-order valence-corrected chi connectivity index (χ1v) is 5.35. The molecule has 1 aromatic carbocycles. The fraction of sp³-hybridized carbons (Fsp3) is 0.182. The summed E-state index contributed by atoms with van der Waals surface area (Å²) in [5.41, 5.74) is -0.358. The Kier molecular flexibility index (Phi) is 3.41. The van der Waals surface area contributed by atoms with Gasteiger partial charge in [0.25, 0.3) is 5.69 Å². The Hall–Kier alpha value is -2.51. The van der Waals surface area contributed by atoms with Crippen molar-refractivity contribution >= 4 is 11.4 Å². The number of halogens is 2. The molecule has 0 unspecified atom stereocenters. The number of imidazole rings is 1. The third-order valence-corrected chi connectivity index (χ3v) is 2.44. The molecule has 0 saturated heterocycles. The highest BCUT2D eigenvalue weighted by molar-refractivity contribution is 5.62. The van der Waals surface area contributed by atoms with Crippen molar-refractivity contribution in [1.82, 2.24) is 9.97 Å². The molecule has 19 heavy (non-hydrogen) atoms. The predicted molar refractivity (Wildman–Crippen MR) is 63.7 cm³/mol. The molecule has 0 atom stereocenters. The molecule has 2 aromatic rings. The van der Waals surface area contributed by atoms with E-state index in [9.17, 15) is 18.9 Å². The second-order valence-corrected chi connectivity index (χ2v) is 3.89. The number of rotatable bonds is 4. The first-order valence-electron chi connectivity index (χ1n) is 5.35. The number of benzene rings is 1. The highest BCUT2D eigenvalue weighted by Gasteiger charge is 2.20. The summed E-state index contributed by atoms with van der Waals surface area (Å²) in [7, 11) is 0. The smallest absolute Gasteiger partial charge is 0.298 e. The number of hydrogen-bond donors (Lipinski definition) is 2. The lowest BCUT2D eigenvalue weighted by molar-refractivity contribution is -0.384. The first-order chi connectivity index (χ1) is 8.97. The summed E-state index contributed by atoms with van der Waals surface area (Å²) in [6, 6.07) is 1.26. The quantitative estimate of drug-likeness (QED) is 0.659. The minimum atomic E-state index is -1.01. The first kappa shape index (κ1) is 12.9. The molecule has 1 heterocycles. The van der Waals surface area contributed by atoms with Gasteiger partial charge in [0.15, 0.2) is 5.82 Å². The largest absolute Gasteiger partial charge is 0.371 e. The maximum Gasteiger partial charge on any atom is 0.298 e. The van der Waals surface area contributed by atoms with Crippen molar-refractivity contribution in [2.24, 2.45) is 0 Å². The van der Waals surface area contributed by atoms with Gasteiger partial charge in [0, 0.05) is 6.07 Å². The second-order valence-electron chi connectivity index (χ2n) is 3.89. The van der Waals surface area contributed by atoms with Crippen molar-refractivity contribution in [3.8, 4) is 0 Å². The van der Waals surface area contributed by atoms with Crippen LogP contribution in [0.2, 0.25) is 0 Å². The summed E-state index contributed by atoms with van der Waals surface area (Å²) in [6.07, 6.45) is 1.52. The zero-order chi connectivity index (χ0) is 14.0. The molecule has 0 amide bonds. The van der Waals surface area contributed by atoms with Gasteiger partial charge in [-0.2, -0.15) is 0 Å². The average Bonchev–Trinajstić information content (AvgIpc) is 2.73. The van der Waals surface area contributed by atoms with Gasteiger partial charge in [0.05, 0.1) is 29.4 Å². The molecule has 2 N–H and O–H groups in total. The van der Waals surface area contributed by atoms with Crippen LogP contribution < -0.4 is 5.32 Å². The lowest BCUT2D eigenvalue weighted by Crippen LogP contribution is -2.06. The van der Waals surface area contributed by atoms with E-state index in [0.29, 0.717) is 23.7 Å². The summed E-state index contributed by atoms with van der Waals surface area (Å²) in [5.74, 6) is -1.33. The molecule has 0 aliphatic heterocycles. The fourth-order valence-electron chi connectivity index (χ4n) is 1.62. The van der Waals surface area contributed by atoms with E-state index in [1.165, 1.54) is 6.20 Å². The Bertz CT molecular complexity index is 627. The highest BCUT2D eigenvalue weighted by atomic mass is 19.1. The SMILES string of the molecule is Cc1ncc(CNc2c(F)cc(F)cc2[N+](=O)[O-])[nH]1. The number of aryl methyl sites for hydroxylation is 1. The molecule has 0 bridgehead atoms. The van der Waals surface area contributed by atoms with E-state index < -0.39 is 22.2 Å². The van der Waals surface area contributed by atoms with E-state index >= 15 is 0 Å². The Morgan fingerprint density at radius 2 is 2.21 bits per heavy atom. The van der Waals surface area contributed by atoms with Crippen LogP contribution in [0.25, 0.3) is 0 Å². The third-order valence-electron chi connectivity index (χ3n) is 2.44. The number of anilines is 1. The van der Waals surface area contributed by atoms with Crippen molar-refractivity contribution in [3.63, 3.8) is 0 Å². The Morgan fingerprint density at radius 1 is 1.47 bits per heavy atom. The summed E-state index contributed by atoms with van der Waals surface area (Å²) >= 11 is 0. The average molecular weight is 268 g/mol. The number of hydrogen-bond acceptors (Lipinski definition) is 4. The van der Waals surface area contributed by atoms with E-state index in [-0.39, 0.29) is 12.2 Å². The number of aromatic amines is 1. The summed E-state index contributed by atoms with van der Waals surface area (Å²) in [4.78, 5) is 16.7. The maximum absolute atomic E-state index is 13.5. The van der Waals surface area contributed by atoms with Crippen molar-refractivity contribution in [2.75, 3.05) is 5.32 Å². The Morgan fingerprint density at radius 3 is 2.79 bits per heavy atom. The van der Waals surface area contributed by atoms with E-state index in [2.05, 4.69) is 15.3 Å². The summed E-state index contributed by atoms with van der Waals surface area (Å²) in [5, 5.41) is 13.3. The minimum absolute atomic E-state index is 0.115. The standard InChI is InChI=1S/C11H10F2N4O2/c1-6-14-4-8(16-6)5-15-11-9(13)2-7(12)3-10(11)17(18)19/h2-4,15H,5H2,1H3,(H,14,16). The van der Waals surface area contributed by atoms with Crippen LogP contribution >= 0.6 is 0 Å². The van der Waals surface area contributed by atoms with Crippen LogP contribution in [0.3, 0.4) is 0 Å². The monoisotopic (exact) mass is 268 g/mol. The molecule has 0 spiro atoms. The second kappa shape index (κ2) is 5.01. The molecule has 0 saturated carbocycles. The van der Waals surface area contributed by atoms with Crippen molar-refractivity contribution in [3.05, 3.63) is 51.6 Å². The molecular formula is C11H10F2N4O2. The molecule has 0 fully saturated rings. The molecule has 8 heteroatoms. The topological polar surface area (TPSA) is 83.8 Å². The number of aromatic nitrogens is 2. The number of nitro benzene ring substituents is 1. The Balaban J connectivity index is 2.26. The van der Waals surface area contributed by atoms with Gasteiger partial charge in [-0.05, 0) is 6.92 Å². The van der Waals surface area contributed by atoms with Crippen molar-refractivity contribution in [2.45, 2.75) is 13.5 Å². The lowest BCUT2D eigenvalue weighted by Gasteiger charge is -2.07. The van der Waals surface area contributed by atoms with Gasteiger partial charge in [0.2, 0.25) is 0 Å². The van der Waals surface area contributed by atoms with Gasteiger partial charge in [-0.25, -0.2) is 13.8 Å². The third kappa shape index (κ3) is 2.84. The van der Waals surface area contributed by atoms with E-state index in [1.807, 2.05) is 0 Å². The molecule has 0 aliphatic rings. The number of nitrogens with one attached hydrogen (secondary N) is 2. The number of nitrogens with zero attached hydrogens (tertiary/aromatic N) is 2. The van der Waals surface area contributed by atoms with Gasteiger partial charge in [-0.15, -0.1) is 0 Å². The number of nitro groups is 1. The van der Waals surface area contributed by atoms with E-state index in [4.69, 9.17) is 0 Å². The van der Waals surface area contributed by atoms with Gasteiger partial charge in [-0.3, -0.25) is 10.1 Å². The van der Waals surface area contributed by atoms with Crippen LogP contribution in [0.5, 0.6) is 0 Å². The summed E-state index contributed by atoms with van der Waals surface area (Å²) in [6.45, 7) is 1.86. The van der Waals surface area contributed by atoms with Crippen LogP contribution in [-0.4, -0.2) is 14.9 Å². The molecule has 2 rings (SSSR count). The Labute approximate surface area is 106 Å². The molecule has 1 aromatic heterocycles. The number of H-pyrrole nitrogens is 1. The molecular weight excluding hydrogens is 258 g/mol. The van der Waals surface area contributed by atoms with E-state index in [0.717, 1.165) is 0 Å². The van der Waals surface area contributed by atoms with Crippen molar-refractivity contribution in [1.29, 1.82) is 0 Å². The molecule has 6 nitrogen and oxygen atoms in total. The highest BCUT2D eigenvalue weighted by Crippen LogP contribution is 2.28. The zero-order valence-corrected chi connectivity index (χ0v) is 9.91. The zero-order valence-electron chi connectivity index (χ0n) is 9.91. The molecule has 0 radical (unpaired) electrons. The lowest BCUT2D eigenvalue weighted by atomic mass is 10.2. The normalized spacial score (nSPS) is 10.5. The fourth-order valence-corrected chi connectivity index (χ4v) is 1.62. The van der Waals surface area contributed by atoms with Gasteiger partial charge >= 0.3 is 0 Å².